The third-order valence-electron chi connectivity index (χ3n) is 4.81. The summed E-state index contributed by atoms with van der Waals surface area (Å²) in [6.45, 7) is 9.44. The van der Waals surface area contributed by atoms with E-state index in [0.29, 0.717) is 18.6 Å². The first kappa shape index (κ1) is 20.7. The van der Waals surface area contributed by atoms with Gasteiger partial charge < -0.3 is 9.94 Å². The second kappa shape index (κ2) is 10.5. The molecule has 1 atom stereocenters. The van der Waals surface area contributed by atoms with Crippen LogP contribution in [0.3, 0.4) is 0 Å². The first-order valence-electron chi connectivity index (χ1n) is 9.86. The molecule has 1 aliphatic rings. The Morgan fingerprint density at radius 2 is 1.73 bits per heavy atom. The van der Waals surface area contributed by atoms with E-state index >= 15 is 0 Å². The Morgan fingerprint density at radius 1 is 1.08 bits per heavy atom. The number of nitrogens with zero attached hydrogens (tertiary/aromatic N) is 2. The summed E-state index contributed by atoms with van der Waals surface area (Å²) in [6, 6.07) is 11.1. The van der Waals surface area contributed by atoms with E-state index in [1.165, 1.54) is 17.6 Å². The molecule has 1 saturated carbocycles. The maximum absolute atomic E-state index is 10.3. The van der Waals surface area contributed by atoms with Gasteiger partial charge in [-0.1, -0.05) is 35.5 Å². The molecular weight excluding hydrogens is 324 g/mol. The largest absolute Gasteiger partial charge is 0.393 e. The van der Waals surface area contributed by atoms with E-state index in [0.717, 1.165) is 25.0 Å². The maximum Gasteiger partial charge on any atom is 0.144 e. The topological polar surface area (TPSA) is 45.1 Å². The van der Waals surface area contributed by atoms with Crippen LogP contribution in [-0.2, 0) is 4.84 Å². The molecule has 2 rings (SSSR count). The molecule has 1 N–H and O–H groups in total. The molecule has 1 aromatic rings. The van der Waals surface area contributed by atoms with Crippen LogP contribution < -0.4 is 0 Å². The first-order chi connectivity index (χ1) is 12.5. The van der Waals surface area contributed by atoms with E-state index in [-0.39, 0.29) is 6.61 Å². The Morgan fingerprint density at radius 3 is 2.38 bits per heavy atom. The van der Waals surface area contributed by atoms with Crippen molar-refractivity contribution in [3.8, 4) is 0 Å². The maximum atomic E-state index is 10.3. The van der Waals surface area contributed by atoms with E-state index in [2.05, 4.69) is 56.0 Å². The van der Waals surface area contributed by atoms with Crippen molar-refractivity contribution in [2.24, 2.45) is 5.16 Å². The molecule has 1 fully saturated rings. The van der Waals surface area contributed by atoms with Crippen LogP contribution in [0.2, 0.25) is 0 Å². The van der Waals surface area contributed by atoms with Gasteiger partial charge in [0.25, 0.3) is 0 Å². The number of rotatable bonds is 8. The van der Waals surface area contributed by atoms with Crippen molar-refractivity contribution >= 4 is 11.8 Å². The summed E-state index contributed by atoms with van der Waals surface area (Å²) in [5, 5.41) is 14.7. The van der Waals surface area contributed by atoms with Gasteiger partial charge in [-0.25, -0.2) is 0 Å². The summed E-state index contributed by atoms with van der Waals surface area (Å²) >= 11 is 0. The standard InChI is InChI=1S/C22H34N2O2/c1-17(2)24(18(3)4)15-21(25)16-26-23-22-13-9-8-12-20(22)14-19-10-6-5-7-11-19/h5-7,10-11,14,17-18,21,25H,8-9,12-13,15-16H2,1-4H3. The fourth-order valence-electron chi connectivity index (χ4n) is 3.44. The van der Waals surface area contributed by atoms with E-state index in [1.807, 2.05) is 18.2 Å². The molecule has 0 aromatic heterocycles. The zero-order chi connectivity index (χ0) is 18.9. The fourth-order valence-corrected chi connectivity index (χ4v) is 3.44. The zero-order valence-corrected chi connectivity index (χ0v) is 16.7. The van der Waals surface area contributed by atoms with E-state index in [9.17, 15) is 5.11 Å². The molecule has 26 heavy (non-hydrogen) atoms. The average molecular weight is 359 g/mol. The van der Waals surface area contributed by atoms with Gasteiger partial charge in [-0.3, -0.25) is 4.90 Å². The normalized spacial score (nSPS) is 19.7. The molecule has 0 heterocycles. The van der Waals surface area contributed by atoms with Crippen molar-refractivity contribution in [3.05, 3.63) is 41.5 Å². The van der Waals surface area contributed by atoms with E-state index in [1.54, 1.807) is 0 Å². The molecule has 0 aliphatic heterocycles. The monoisotopic (exact) mass is 358 g/mol. The second-order valence-electron chi connectivity index (χ2n) is 7.66. The van der Waals surface area contributed by atoms with Crippen LogP contribution in [0.15, 0.2) is 41.1 Å². The smallest absolute Gasteiger partial charge is 0.144 e. The Balaban J connectivity index is 1.93. The molecule has 4 nitrogen and oxygen atoms in total. The van der Waals surface area contributed by atoms with E-state index < -0.39 is 6.10 Å². The van der Waals surface area contributed by atoms with Crippen molar-refractivity contribution in [2.75, 3.05) is 13.2 Å². The van der Waals surface area contributed by atoms with Crippen LogP contribution in [0.25, 0.3) is 6.08 Å². The number of allylic oxidation sites excluding steroid dienone is 1. The molecule has 1 unspecified atom stereocenters. The molecule has 0 spiro atoms. The number of hydrogen-bond donors (Lipinski definition) is 1. The van der Waals surface area contributed by atoms with Crippen molar-refractivity contribution < 1.29 is 9.94 Å². The number of aliphatic hydroxyl groups is 1. The highest BCUT2D eigenvalue weighted by atomic mass is 16.6. The lowest BCUT2D eigenvalue weighted by atomic mass is 9.91. The predicted octanol–water partition coefficient (Wildman–Crippen LogP) is 4.50. The Bertz CT molecular complexity index is 585. The molecule has 0 radical (unpaired) electrons. The van der Waals surface area contributed by atoms with Crippen LogP contribution in [0.1, 0.15) is 58.9 Å². The molecule has 1 aromatic carbocycles. The van der Waals surface area contributed by atoms with Gasteiger partial charge in [-0.15, -0.1) is 0 Å². The highest BCUT2D eigenvalue weighted by Crippen LogP contribution is 2.23. The Labute approximate surface area is 158 Å². The Hall–Kier alpha value is -1.65. The van der Waals surface area contributed by atoms with Crippen LogP contribution in [0.5, 0.6) is 0 Å². The van der Waals surface area contributed by atoms with E-state index in [4.69, 9.17) is 4.84 Å². The van der Waals surface area contributed by atoms with Gasteiger partial charge in [-0.05, 0) is 70.6 Å². The van der Waals surface area contributed by atoms with Gasteiger partial charge in [-0.2, -0.15) is 0 Å². The summed E-state index contributed by atoms with van der Waals surface area (Å²) in [6.07, 6.45) is 5.99. The highest BCUT2D eigenvalue weighted by molar-refractivity contribution is 6.03. The molecular formula is C22H34N2O2. The lowest BCUT2D eigenvalue weighted by Crippen LogP contribution is -2.43. The molecule has 0 amide bonds. The summed E-state index contributed by atoms with van der Waals surface area (Å²) in [7, 11) is 0. The minimum Gasteiger partial charge on any atom is -0.393 e. The summed E-state index contributed by atoms with van der Waals surface area (Å²) in [4.78, 5) is 7.80. The molecule has 1 aliphatic carbocycles. The van der Waals surface area contributed by atoms with Crippen molar-refractivity contribution in [1.29, 1.82) is 0 Å². The second-order valence-corrected chi connectivity index (χ2v) is 7.66. The summed E-state index contributed by atoms with van der Waals surface area (Å²) in [5.74, 6) is 0. The zero-order valence-electron chi connectivity index (χ0n) is 16.7. The fraction of sp³-hybridized carbons (Fsp3) is 0.591. The summed E-state index contributed by atoms with van der Waals surface area (Å²) in [5.41, 5.74) is 3.47. The minimum absolute atomic E-state index is 0.234. The van der Waals surface area contributed by atoms with Crippen molar-refractivity contribution in [2.45, 2.75) is 71.6 Å². The van der Waals surface area contributed by atoms with Crippen LogP contribution in [0, 0.1) is 0 Å². The molecule has 144 valence electrons. The van der Waals surface area contributed by atoms with Gasteiger partial charge in [0.05, 0.1) is 5.71 Å². The van der Waals surface area contributed by atoms with Gasteiger partial charge in [0, 0.05) is 18.6 Å². The minimum atomic E-state index is -0.533. The molecule has 0 saturated heterocycles. The van der Waals surface area contributed by atoms with Crippen LogP contribution >= 0.6 is 0 Å². The van der Waals surface area contributed by atoms with Gasteiger partial charge >= 0.3 is 0 Å². The lowest BCUT2D eigenvalue weighted by molar-refractivity contribution is 0.00578. The number of oxime groups is 1. The first-order valence-corrected chi connectivity index (χ1v) is 9.86. The average Bonchev–Trinajstić information content (AvgIpc) is 2.61. The quantitative estimate of drug-likeness (QED) is 0.696. The molecule has 4 heteroatoms. The highest BCUT2D eigenvalue weighted by Gasteiger charge is 2.18. The van der Waals surface area contributed by atoms with Gasteiger partial charge in [0.15, 0.2) is 0 Å². The number of aliphatic hydroxyl groups excluding tert-OH is 1. The summed E-state index contributed by atoms with van der Waals surface area (Å²) < 4.78 is 0. The number of benzene rings is 1. The SMILES string of the molecule is CC(C)N(CC(O)CON=C1CCCCC1=Cc1ccccc1)C(C)C. The number of hydrogen-bond acceptors (Lipinski definition) is 4. The van der Waals surface area contributed by atoms with Crippen LogP contribution in [-0.4, -0.2) is 47.1 Å². The van der Waals surface area contributed by atoms with Gasteiger partial charge in [0.1, 0.15) is 12.7 Å². The third kappa shape index (κ3) is 6.58. The third-order valence-corrected chi connectivity index (χ3v) is 4.81. The Kier molecular flexibility index (Phi) is 8.33. The lowest BCUT2D eigenvalue weighted by Gasteiger charge is -2.32. The van der Waals surface area contributed by atoms with Crippen molar-refractivity contribution in [3.63, 3.8) is 0 Å². The predicted molar refractivity (Wildman–Crippen MR) is 109 cm³/mol. The van der Waals surface area contributed by atoms with Crippen molar-refractivity contribution in [1.82, 2.24) is 4.90 Å². The molecule has 0 bridgehead atoms. The van der Waals surface area contributed by atoms with Crippen LogP contribution in [0.4, 0.5) is 0 Å². The van der Waals surface area contributed by atoms with Gasteiger partial charge in [0.2, 0.25) is 0 Å².